The third kappa shape index (κ3) is 4.35. The largest absolute Gasteiger partial charge is 0.485 e. The molecule has 0 unspecified atom stereocenters. The Kier molecular flexibility index (Phi) is 5.96. The molecule has 0 saturated carbocycles. The van der Waals surface area contributed by atoms with Gasteiger partial charge in [-0.15, -0.1) is 16.8 Å². The lowest BCUT2D eigenvalue weighted by molar-refractivity contribution is 0.287. The molecule has 0 spiro atoms. The van der Waals surface area contributed by atoms with Gasteiger partial charge in [0.1, 0.15) is 12.4 Å². The molecule has 0 fully saturated rings. The highest BCUT2D eigenvalue weighted by molar-refractivity contribution is 7.98. The standard InChI is InChI=1S/C24H23N3OS/c1-3-15-27-23(16-28-22-14-7-4-9-18(22)2)25-26-24(27)29-17-20-12-8-11-19-10-5-6-13-21(19)20/h3-14H,1,15-17H2,2H3. The Morgan fingerprint density at radius 3 is 2.66 bits per heavy atom. The summed E-state index contributed by atoms with van der Waals surface area (Å²) in [7, 11) is 0. The molecular weight excluding hydrogens is 378 g/mol. The Morgan fingerprint density at radius 1 is 1.00 bits per heavy atom. The van der Waals surface area contributed by atoms with E-state index >= 15 is 0 Å². The SMILES string of the molecule is C=CCn1c(COc2ccccc2C)nnc1SCc1cccc2ccccc12. The number of ether oxygens (including phenoxy) is 1. The van der Waals surface area contributed by atoms with Gasteiger partial charge in [-0.2, -0.15) is 0 Å². The van der Waals surface area contributed by atoms with E-state index in [0.717, 1.165) is 28.0 Å². The van der Waals surface area contributed by atoms with Gasteiger partial charge in [-0.1, -0.05) is 78.5 Å². The third-order valence-electron chi connectivity index (χ3n) is 4.79. The Hall–Kier alpha value is -3.05. The van der Waals surface area contributed by atoms with Gasteiger partial charge in [-0.3, -0.25) is 4.57 Å². The maximum atomic E-state index is 5.98. The van der Waals surface area contributed by atoms with Gasteiger partial charge in [0.15, 0.2) is 11.0 Å². The zero-order valence-corrected chi connectivity index (χ0v) is 17.2. The lowest BCUT2D eigenvalue weighted by Gasteiger charge is -2.11. The summed E-state index contributed by atoms with van der Waals surface area (Å²) in [5.41, 5.74) is 2.40. The molecule has 4 rings (SSSR count). The molecule has 4 nitrogen and oxygen atoms in total. The van der Waals surface area contributed by atoms with Crippen molar-refractivity contribution in [2.75, 3.05) is 0 Å². The van der Waals surface area contributed by atoms with Crippen molar-refractivity contribution in [1.82, 2.24) is 14.8 Å². The monoisotopic (exact) mass is 401 g/mol. The van der Waals surface area contributed by atoms with Crippen LogP contribution in [0.1, 0.15) is 17.0 Å². The predicted molar refractivity (Wildman–Crippen MR) is 119 cm³/mol. The zero-order valence-electron chi connectivity index (χ0n) is 16.4. The van der Waals surface area contributed by atoms with Crippen LogP contribution in [0, 0.1) is 6.92 Å². The van der Waals surface area contributed by atoms with Gasteiger partial charge in [0.2, 0.25) is 0 Å². The van der Waals surface area contributed by atoms with E-state index in [-0.39, 0.29) is 0 Å². The van der Waals surface area contributed by atoms with E-state index in [1.54, 1.807) is 11.8 Å². The van der Waals surface area contributed by atoms with Gasteiger partial charge in [-0.05, 0) is 34.9 Å². The van der Waals surface area contributed by atoms with E-state index in [2.05, 4.69) is 63.8 Å². The van der Waals surface area contributed by atoms with Crippen LogP contribution >= 0.6 is 11.8 Å². The van der Waals surface area contributed by atoms with Crippen LogP contribution in [-0.4, -0.2) is 14.8 Å². The summed E-state index contributed by atoms with van der Waals surface area (Å²) < 4.78 is 8.05. The molecule has 146 valence electrons. The molecule has 0 N–H and O–H groups in total. The number of thioether (sulfide) groups is 1. The van der Waals surface area contributed by atoms with Gasteiger partial charge in [0.25, 0.3) is 0 Å². The highest BCUT2D eigenvalue weighted by atomic mass is 32.2. The van der Waals surface area contributed by atoms with Gasteiger partial charge >= 0.3 is 0 Å². The number of benzene rings is 3. The fourth-order valence-electron chi connectivity index (χ4n) is 3.27. The van der Waals surface area contributed by atoms with E-state index in [9.17, 15) is 0 Å². The number of rotatable bonds is 8. The molecular formula is C24H23N3OS. The third-order valence-corrected chi connectivity index (χ3v) is 5.81. The summed E-state index contributed by atoms with van der Waals surface area (Å²) in [6.45, 7) is 6.95. The maximum Gasteiger partial charge on any atom is 0.191 e. The molecule has 0 aliphatic heterocycles. The Morgan fingerprint density at radius 2 is 1.79 bits per heavy atom. The Bertz CT molecular complexity index is 1130. The number of aryl methyl sites for hydroxylation is 1. The molecule has 3 aromatic carbocycles. The molecule has 0 radical (unpaired) electrons. The molecule has 0 aliphatic rings. The van der Waals surface area contributed by atoms with Crippen LogP contribution in [0.2, 0.25) is 0 Å². The second-order valence-electron chi connectivity index (χ2n) is 6.78. The van der Waals surface area contributed by atoms with Crippen molar-refractivity contribution in [2.24, 2.45) is 0 Å². The van der Waals surface area contributed by atoms with Gasteiger partial charge in [0, 0.05) is 12.3 Å². The van der Waals surface area contributed by atoms with Crippen LogP contribution < -0.4 is 4.74 Å². The van der Waals surface area contributed by atoms with Crippen molar-refractivity contribution in [3.8, 4) is 5.75 Å². The van der Waals surface area contributed by atoms with Crippen molar-refractivity contribution >= 4 is 22.5 Å². The summed E-state index contributed by atoms with van der Waals surface area (Å²) in [6, 6.07) is 22.9. The minimum atomic E-state index is 0.376. The summed E-state index contributed by atoms with van der Waals surface area (Å²) in [5, 5.41) is 12.2. The number of para-hydroxylation sites is 1. The molecule has 0 amide bonds. The van der Waals surface area contributed by atoms with Crippen molar-refractivity contribution < 1.29 is 4.74 Å². The normalized spacial score (nSPS) is 10.9. The van der Waals surface area contributed by atoms with Crippen molar-refractivity contribution in [2.45, 2.75) is 31.0 Å². The van der Waals surface area contributed by atoms with E-state index in [1.807, 2.05) is 37.3 Å². The molecule has 1 aromatic heterocycles. The summed E-state index contributed by atoms with van der Waals surface area (Å²) in [5.74, 6) is 2.49. The second-order valence-corrected chi connectivity index (χ2v) is 7.72. The first-order chi connectivity index (χ1) is 14.3. The quantitative estimate of drug-likeness (QED) is 0.276. The molecule has 1 heterocycles. The number of aromatic nitrogens is 3. The van der Waals surface area contributed by atoms with Crippen LogP contribution in [0.5, 0.6) is 5.75 Å². The fourth-order valence-corrected chi connectivity index (χ4v) is 4.24. The summed E-state index contributed by atoms with van der Waals surface area (Å²) in [4.78, 5) is 0. The smallest absolute Gasteiger partial charge is 0.191 e. The van der Waals surface area contributed by atoms with Crippen molar-refractivity contribution in [1.29, 1.82) is 0 Å². The van der Waals surface area contributed by atoms with E-state index < -0.39 is 0 Å². The van der Waals surface area contributed by atoms with Crippen LogP contribution in [0.25, 0.3) is 10.8 Å². The van der Waals surface area contributed by atoms with E-state index in [0.29, 0.717) is 13.2 Å². The van der Waals surface area contributed by atoms with E-state index in [4.69, 9.17) is 4.74 Å². The molecule has 0 atom stereocenters. The second kappa shape index (κ2) is 8.97. The minimum Gasteiger partial charge on any atom is -0.485 e. The molecule has 0 aliphatic carbocycles. The Balaban J connectivity index is 1.52. The summed E-state index contributed by atoms with van der Waals surface area (Å²) >= 11 is 1.69. The molecule has 0 saturated heterocycles. The first-order valence-corrected chi connectivity index (χ1v) is 10.6. The van der Waals surface area contributed by atoms with Gasteiger partial charge < -0.3 is 4.74 Å². The molecule has 0 bridgehead atoms. The van der Waals surface area contributed by atoms with Gasteiger partial charge in [0.05, 0.1) is 0 Å². The number of hydrogen-bond acceptors (Lipinski definition) is 4. The number of allylic oxidation sites excluding steroid dienone is 1. The predicted octanol–water partition coefficient (Wildman–Crippen LogP) is 5.80. The summed E-state index contributed by atoms with van der Waals surface area (Å²) in [6.07, 6.45) is 1.86. The Labute approximate surface area is 175 Å². The average molecular weight is 402 g/mol. The molecule has 4 aromatic rings. The zero-order chi connectivity index (χ0) is 20.1. The van der Waals surface area contributed by atoms with Crippen LogP contribution in [0.3, 0.4) is 0 Å². The molecule has 29 heavy (non-hydrogen) atoms. The van der Waals surface area contributed by atoms with Crippen LogP contribution in [0.4, 0.5) is 0 Å². The number of fused-ring (bicyclic) bond motifs is 1. The number of hydrogen-bond donors (Lipinski definition) is 0. The number of nitrogens with zero attached hydrogens (tertiary/aromatic N) is 3. The first-order valence-electron chi connectivity index (χ1n) is 9.57. The first kappa shape index (κ1) is 19.3. The highest BCUT2D eigenvalue weighted by Crippen LogP contribution is 2.27. The minimum absolute atomic E-state index is 0.376. The highest BCUT2D eigenvalue weighted by Gasteiger charge is 2.13. The lowest BCUT2D eigenvalue weighted by Crippen LogP contribution is -2.08. The van der Waals surface area contributed by atoms with Crippen molar-refractivity contribution in [3.63, 3.8) is 0 Å². The van der Waals surface area contributed by atoms with Crippen molar-refractivity contribution in [3.05, 3.63) is 96.3 Å². The lowest BCUT2D eigenvalue weighted by atomic mass is 10.1. The fraction of sp³-hybridized carbons (Fsp3) is 0.167. The maximum absolute atomic E-state index is 5.98. The van der Waals surface area contributed by atoms with Crippen LogP contribution in [0.15, 0.2) is 84.5 Å². The average Bonchev–Trinajstić information content (AvgIpc) is 3.13. The topological polar surface area (TPSA) is 39.9 Å². The molecule has 5 heteroatoms. The van der Waals surface area contributed by atoms with Gasteiger partial charge in [-0.25, -0.2) is 0 Å². The van der Waals surface area contributed by atoms with E-state index in [1.165, 1.54) is 16.3 Å². The van der Waals surface area contributed by atoms with Crippen LogP contribution in [-0.2, 0) is 18.9 Å².